The molecule has 0 spiro atoms. The highest BCUT2D eigenvalue weighted by molar-refractivity contribution is 5.94. The van der Waals surface area contributed by atoms with Crippen LogP contribution in [-0.4, -0.2) is 39.9 Å². The summed E-state index contributed by atoms with van der Waals surface area (Å²) in [6.45, 7) is 0.470. The fourth-order valence-corrected chi connectivity index (χ4v) is 4.34. The number of carbonyl (C=O) groups excluding carboxylic acids is 1. The van der Waals surface area contributed by atoms with Crippen molar-refractivity contribution in [2.75, 3.05) is 14.2 Å². The minimum absolute atomic E-state index is 0.0656. The molecular formula is C26H26N4O6. The Labute approximate surface area is 206 Å². The Morgan fingerprint density at radius 1 is 1.03 bits per heavy atom. The van der Waals surface area contributed by atoms with Gasteiger partial charge in [0.1, 0.15) is 17.3 Å². The minimum atomic E-state index is -0.577. The summed E-state index contributed by atoms with van der Waals surface area (Å²) in [6, 6.07) is 10.0. The van der Waals surface area contributed by atoms with Crippen molar-refractivity contribution >= 4 is 16.9 Å². The Morgan fingerprint density at radius 3 is 2.72 bits per heavy atom. The first-order valence-electron chi connectivity index (χ1n) is 11.8. The predicted octanol–water partition coefficient (Wildman–Crippen LogP) is 3.94. The fraction of sp³-hybridized carbons (Fsp3) is 0.346. The summed E-state index contributed by atoms with van der Waals surface area (Å²) < 4.78 is 23.0. The highest BCUT2D eigenvalue weighted by atomic mass is 16.6. The molecule has 0 unspecified atom stereocenters. The van der Waals surface area contributed by atoms with E-state index in [1.165, 1.54) is 7.11 Å². The van der Waals surface area contributed by atoms with E-state index >= 15 is 0 Å². The summed E-state index contributed by atoms with van der Waals surface area (Å²) in [7, 11) is 3.10. The molecule has 2 aromatic heterocycles. The van der Waals surface area contributed by atoms with Crippen LogP contribution in [0.2, 0.25) is 0 Å². The van der Waals surface area contributed by atoms with E-state index in [1.54, 1.807) is 48.1 Å². The number of hydrogen-bond donors (Lipinski definition) is 0. The number of aromatic nitrogens is 4. The molecule has 0 fully saturated rings. The number of methoxy groups -OCH3 is 2. The Bertz CT molecular complexity index is 1480. The third-order valence-electron chi connectivity index (χ3n) is 6.25. The van der Waals surface area contributed by atoms with E-state index in [4.69, 9.17) is 23.7 Å². The van der Waals surface area contributed by atoms with Crippen LogP contribution in [0, 0.1) is 0 Å². The SMILES string of the molecule is COc1ccc(-c2noc(COC(=O)c3ccc4c(=O)n5c(nc4c3)CCCCCC5)n2)c(OC)c1. The van der Waals surface area contributed by atoms with Crippen molar-refractivity contribution in [2.24, 2.45) is 0 Å². The van der Waals surface area contributed by atoms with Gasteiger partial charge < -0.3 is 18.7 Å². The zero-order valence-electron chi connectivity index (χ0n) is 20.2. The van der Waals surface area contributed by atoms with Gasteiger partial charge in [0.15, 0.2) is 6.61 Å². The number of nitrogens with zero attached hydrogens (tertiary/aromatic N) is 4. The van der Waals surface area contributed by atoms with Crippen LogP contribution in [0.15, 0.2) is 45.7 Å². The highest BCUT2D eigenvalue weighted by Crippen LogP contribution is 2.31. The monoisotopic (exact) mass is 490 g/mol. The molecule has 0 saturated carbocycles. The maximum absolute atomic E-state index is 13.0. The first-order chi connectivity index (χ1) is 17.6. The normalized spacial score (nSPS) is 13.5. The van der Waals surface area contributed by atoms with E-state index in [-0.39, 0.29) is 18.1 Å². The Hall–Kier alpha value is -4.21. The Morgan fingerprint density at radius 2 is 1.89 bits per heavy atom. The summed E-state index contributed by atoms with van der Waals surface area (Å²) in [4.78, 5) is 34.7. The summed E-state index contributed by atoms with van der Waals surface area (Å²) in [5.74, 6) is 1.78. The molecule has 10 nitrogen and oxygen atoms in total. The molecule has 1 aliphatic rings. The van der Waals surface area contributed by atoms with Crippen LogP contribution in [0.1, 0.15) is 47.8 Å². The van der Waals surface area contributed by atoms with E-state index in [0.29, 0.717) is 45.9 Å². The van der Waals surface area contributed by atoms with Gasteiger partial charge in [0.05, 0.1) is 36.2 Å². The minimum Gasteiger partial charge on any atom is -0.497 e. The molecule has 3 heterocycles. The molecule has 0 aliphatic carbocycles. The number of hydrogen-bond acceptors (Lipinski definition) is 9. The largest absolute Gasteiger partial charge is 0.497 e. The van der Waals surface area contributed by atoms with Crippen LogP contribution in [0.3, 0.4) is 0 Å². The predicted molar refractivity (Wildman–Crippen MR) is 130 cm³/mol. The number of esters is 1. The third-order valence-corrected chi connectivity index (χ3v) is 6.25. The molecular weight excluding hydrogens is 464 g/mol. The summed E-state index contributed by atoms with van der Waals surface area (Å²) in [5.41, 5.74) is 1.33. The summed E-state index contributed by atoms with van der Waals surface area (Å²) in [6.07, 6.45) is 4.95. The molecule has 36 heavy (non-hydrogen) atoms. The van der Waals surface area contributed by atoms with Crippen LogP contribution in [0.4, 0.5) is 0 Å². The van der Waals surface area contributed by atoms with Crippen LogP contribution >= 0.6 is 0 Å². The number of aryl methyl sites for hydroxylation is 1. The van der Waals surface area contributed by atoms with Gasteiger partial charge in [-0.15, -0.1) is 0 Å². The second-order valence-electron chi connectivity index (χ2n) is 8.54. The molecule has 0 N–H and O–H groups in total. The third kappa shape index (κ3) is 4.66. The van der Waals surface area contributed by atoms with E-state index in [2.05, 4.69) is 10.1 Å². The lowest BCUT2D eigenvalue weighted by Crippen LogP contribution is -2.26. The zero-order chi connectivity index (χ0) is 25.1. The first kappa shape index (κ1) is 23.5. The van der Waals surface area contributed by atoms with Crippen molar-refractivity contribution in [3.63, 3.8) is 0 Å². The van der Waals surface area contributed by atoms with Gasteiger partial charge in [0.25, 0.3) is 11.4 Å². The van der Waals surface area contributed by atoms with Gasteiger partial charge in [-0.25, -0.2) is 9.78 Å². The molecule has 186 valence electrons. The lowest BCUT2D eigenvalue weighted by molar-refractivity contribution is 0.0430. The van der Waals surface area contributed by atoms with E-state index in [9.17, 15) is 9.59 Å². The van der Waals surface area contributed by atoms with E-state index in [0.717, 1.165) is 37.9 Å². The van der Waals surface area contributed by atoms with Crippen molar-refractivity contribution in [3.8, 4) is 22.9 Å². The molecule has 10 heteroatoms. The smallest absolute Gasteiger partial charge is 0.338 e. The standard InChI is InChI=1S/C26H26N4O6/c1-33-17-9-11-19(21(14-17)34-2)24-28-23(36-29-24)15-35-26(32)16-8-10-18-20(13-16)27-22-7-5-3-4-6-12-30(22)25(18)31/h8-11,13-14H,3-7,12,15H2,1-2H3. The second-order valence-corrected chi connectivity index (χ2v) is 8.54. The molecule has 0 atom stereocenters. The molecule has 0 bridgehead atoms. The summed E-state index contributed by atoms with van der Waals surface area (Å²) in [5, 5.41) is 4.45. The maximum Gasteiger partial charge on any atom is 0.338 e. The maximum atomic E-state index is 13.0. The molecule has 0 saturated heterocycles. The number of ether oxygens (including phenoxy) is 3. The Balaban J connectivity index is 1.32. The second kappa shape index (κ2) is 10.2. The van der Waals surface area contributed by atoms with Crippen LogP contribution in [-0.2, 0) is 24.3 Å². The van der Waals surface area contributed by atoms with Crippen molar-refractivity contribution in [2.45, 2.75) is 45.3 Å². The average Bonchev–Trinajstić information content (AvgIpc) is 3.36. The molecule has 0 amide bonds. The summed E-state index contributed by atoms with van der Waals surface area (Å²) >= 11 is 0. The zero-order valence-corrected chi connectivity index (χ0v) is 20.2. The topological polar surface area (TPSA) is 119 Å². The van der Waals surface area contributed by atoms with Crippen molar-refractivity contribution in [1.82, 2.24) is 19.7 Å². The fourth-order valence-electron chi connectivity index (χ4n) is 4.34. The lowest BCUT2D eigenvalue weighted by Gasteiger charge is -2.16. The first-order valence-corrected chi connectivity index (χ1v) is 11.8. The van der Waals surface area contributed by atoms with Crippen molar-refractivity contribution in [3.05, 3.63) is 64.0 Å². The van der Waals surface area contributed by atoms with Gasteiger partial charge >= 0.3 is 5.97 Å². The molecule has 0 radical (unpaired) electrons. The number of carbonyl (C=O) groups is 1. The van der Waals surface area contributed by atoms with Gasteiger partial charge in [-0.3, -0.25) is 9.36 Å². The molecule has 5 rings (SSSR count). The number of fused-ring (bicyclic) bond motifs is 2. The van der Waals surface area contributed by atoms with Crippen molar-refractivity contribution in [1.29, 1.82) is 0 Å². The van der Waals surface area contributed by atoms with E-state index in [1.807, 2.05) is 0 Å². The van der Waals surface area contributed by atoms with Crippen molar-refractivity contribution < 1.29 is 23.5 Å². The molecule has 2 aromatic carbocycles. The van der Waals surface area contributed by atoms with Gasteiger partial charge in [0, 0.05) is 19.0 Å². The quantitative estimate of drug-likeness (QED) is 0.370. The molecule has 4 aromatic rings. The van der Waals surface area contributed by atoms with Gasteiger partial charge in [0.2, 0.25) is 5.82 Å². The van der Waals surface area contributed by atoms with Crippen LogP contribution in [0.25, 0.3) is 22.3 Å². The van der Waals surface area contributed by atoms with Crippen LogP contribution in [0.5, 0.6) is 11.5 Å². The number of rotatable bonds is 6. The van der Waals surface area contributed by atoms with Crippen LogP contribution < -0.4 is 15.0 Å². The average molecular weight is 491 g/mol. The highest BCUT2D eigenvalue weighted by Gasteiger charge is 2.18. The molecule has 1 aliphatic heterocycles. The Kier molecular flexibility index (Phi) is 6.66. The number of benzene rings is 2. The van der Waals surface area contributed by atoms with E-state index < -0.39 is 5.97 Å². The van der Waals surface area contributed by atoms with Gasteiger partial charge in [-0.2, -0.15) is 4.98 Å². The van der Waals surface area contributed by atoms with Gasteiger partial charge in [-0.05, 0) is 43.2 Å². The lowest BCUT2D eigenvalue weighted by atomic mass is 10.1. The van der Waals surface area contributed by atoms with Gasteiger partial charge in [-0.1, -0.05) is 18.0 Å².